The number of hydrogen-bond acceptors (Lipinski definition) is 4. The number of aliphatic hydroxyl groups excluding tert-OH is 1. The van der Waals surface area contributed by atoms with Gasteiger partial charge >= 0.3 is 0 Å². The lowest BCUT2D eigenvalue weighted by molar-refractivity contribution is -0.130. The molecule has 1 saturated heterocycles. The molecule has 1 aliphatic heterocycles. The van der Waals surface area contributed by atoms with E-state index in [1.807, 2.05) is 5.38 Å². The summed E-state index contributed by atoms with van der Waals surface area (Å²) in [5.41, 5.74) is 0.920. The maximum atomic E-state index is 8.69. The molecule has 3 nitrogen and oxygen atoms in total. The summed E-state index contributed by atoms with van der Waals surface area (Å²) >= 11 is 1.73. The fourth-order valence-corrected chi connectivity index (χ4v) is 3.45. The summed E-state index contributed by atoms with van der Waals surface area (Å²) in [5.74, 6) is 5.62. The highest BCUT2D eigenvalue weighted by Gasteiger charge is 2.31. The molecule has 2 heterocycles. The number of rotatable bonds is 2. The van der Waals surface area contributed by atoms with Crippen LogP contribution in [0.2, 0.25) is 0 Å². The Kier molecular flexibility index (Phi) is 4.64. The molecular formula is C15H21NO2S. The van der Waals surface area contributed by atoms with E-state index in [1.54, 1.807) is 11.3 Å². The van der Waals surface area contributed by atoms with E-state index in [0.717, 1.165) is 25.2 Å². The van der Waals surface area contributed by atoms with Crippen LogP contribution >= 0.6 is 11.3 Å². The van der Waals surface area contributed by atoms with Gasteiger partial charge in [0, 0.05) is 35.5 Å². The van der Waals surface area contributed by atoms with Gasteiger partial charge in [-0.2, -0.15) is 0 Å². The molecule has 1 fully saturated rings. The van der Waals surface area contributed by atoms with Crippen molar-refractivity contribution in [1.29, 1.82) is 0 Å². The summed E-state index contributed by atoms with van der Waals surface area (Å²) in [4.78, 5) is 3.75. The Labute approximate surface area is 119 Å². The summed E-state index contributed by atoms with van der Waals surface area (Å²) in [5, 5.41) is 10.7. The molecule has 1 atom stereocenters. The van der Waals surface area contributed by atoms with Crippen molar-refractivity contribution in [2.45, 2.75) is 39.0 Å². The van der Waals surface area contributed by atoms with Crippen molar-refractivity contribution < 1.29 is 9.84 Å². The molecule has 4 heteroatoms. The highest BCUT2D eigenvalue weighted by Crippen LogP contribution is 2.24. The average Bonchev–Trinajstić information content (AvgIpc) is 2.71. The number of hydrogen-bond donors (Lipinski definition) is 1. The van der Waals surface area contributed by atoms with Gasteiger partial charge in [0.25, 0.3) is 0 Å². The van der Waals surface area contributed by atoms with Crippen molar-refractivity contribution >= 4 is 11.3 Å². The van der Waals surface area contributed by atoms with Crippen LogP contribution in [0.4, 0.5) is 0 Å². The van der Waals surface area contributed by atoms with Crippen molar-refractivity contribution in [1.82, 2.24) is 4.90 Å². The van der Waals surface area contributed by atoms with Crippen LogP contribution in [0.25, 0.3) is 0 Å². The lowest BCUT2D eigenvalue weighted by Crippen LogP contribution is -2.51. The zero-order valence-electron chi connectivity index (χ0n) is 11.8. The fraction of sp³-hybridized carbons (Fsp3) is 0.600. The molecule has 2 rings (SSSR count). The SMILES string of the molecule is CC1CN(Cc2cc(C#CCO)cs2)CC(C)(C)O1. The Balaban J connectivity index is 1.99. The van der Waals surface area contributed by atoms with Gasteiger partial charge in [-0.15, -0.1) is 11.3 Å². The molecule has 104 valence electrons. The first-order chi connectivity index (χ1) is 8.98. The molecule has 0 aliphatic carbocycles. The summed E-state index contributed by atoms with van der Waals surface area (Å²) in [6.45, 7) is 9.19. The Bertz CT molecular complexity index is 484. The van der Waals surface area contributed by atoms with Crippen molar-refractivity contribution in [3.05, 3.63) is 21.9 Å². The molecule has 0 bridgehead atoms. The number of morpholine rings is 1. The van der Waals surface area contributed by atoms with Crippen molar-refractivity contribution in [3.63, 3.8) is 0 Å². The Morgan fingerprint density at radius 1 is 1.58 bits per heavy atom. The number of thiophene rings is 1. The molecule has 1 N–H and O–H groups in total. The average molecular weight is 279 g/mol. The van der Waals surface area contributed by atoms with Gasteiger partial charge in [-0.1, -0.05) is 11.8 Å². The predicted molar refractivity (Wildman–Crippen MR) is 78.2 cm³/mol. The number of nitrogens with zero attached hydrogens (tertiary/aromatic N) is 1. The van der Waals surface area contributed by atoms with Crippen LogP contribution in [0.1, 0.15) is 31.2 Å². The summed E-state index contributed by atoms with van der Waals surface area (Å²) in [6, 6.07) is 2.11. The molecule has 1 aromatic rings. The molecule has 0 radical (unpaired) electrons. The monoisotopic (exact) mass is 279 g/mol. The van der Waals surface area contributed by atoms with Crippen LogP contribution in [0.15, 0.2) is 11.4 Å². The van der Waals surface area contributed by atoms with Gasteiger partial charge in [0.2, 0.25) is 0 Å². The molecular weight excluding hydrogens is 258 g/mol. The maximum absolute atomic E-state index is 8.69. The minimum absolute atomic E-state index is 0.0750. The Morgan fingerprint density at radius 3 is 3.05 bits per heavy atom. The van der Waals surface area contributed by atoms with E-state index in [4.69, 9.17) is 9.84 Å². The first-order valence-corrected chi connectivity index (χ1v) is 7.44. The largest absolute Gasteiger partial charge is 0.384 e. The Morgan fingerprint density at radius 2 is 2.37 bits per heavy atom. The molecule has 0 spiro atoms. The topological polar surface area (TPSA) is 32.7 Å². The van der Waals surface area contributed by atoms with Gasteiger partial charge in [0.05, 0.1) is 11.7 Å². The zero-order valence-corrected chi connectivity index (χ0v) is 12.6. The van der Waals surface area contributed by atoms with Gasteiger partial charge < -0.3 is 9.84 Å². The fourth-order valence-electron chi connectivity index (χ4n) is 2.60. The third-order valence-electron chi connectivity index (χ3n) is 2.98. The van der Waals surface area contributed by atoms with Crippen molar-refractivity contribution in [3.8, 4) is 11.8 Å². The predicted octanol–water partition coefficient (Wildman–Crippen LogP) is 2.09. The van der Waals surface area contributed by atoms with Gasteiger partial charge in [-0.3, -0.25) is 4.90 Å². The lowest BCUT2D eigenvalue weighted by atomic mass is 10.1. The zero-order chi connectivity index (χ0) is 13.9. The van der Waals surface area contributed by atoms with E-state index in [1.165, 1.54) is 4.88 Å². The van der Waals surface area contributed by atoms with E-state index in [0.29, 0.717) is 0 Å². The number of ether oxygens (including phenoxy) is 1. The van der Waals surface area contributed by atoms with Gasteiger partial charge in [0.15, 0.2) is 0 Å². The van der Waals surface area contributed by atoms with Gasteiger partial charge in [0.1, 0.15) is 6.61 Å². The second-order valence-electron chi connectivity index (χ2n) is 5.62. The molecule has 1 aliphatic rings. The Hall–Kier alpha value is -0.860. The van der Waals surface area contributed by atoms with Gasteiger partial charge in [-0.25, -0.2) is 0 Å². The second kappa shape index (κ2) is 6.06. The number of aliphatic hydroxyl groups is 1. The van der Waals surface area contributed by atoms with E-state index in [2.05, 4.69) is 43.6 Å². The minimum Gasteiger partial charge on any atom is -0.384 e. The maximum Gasteiger partial charge on any atom is 0.104 e. The molecule has 0 saturated carbocycles. The second-order valence-corrected chi connectivity index (χ2v) is 6.62. The smallest absolute Gasteiger partial charge is 0.104 e. The van der Waals surface area contributed by atoms with Crippen LogP contribution < -0.4 is 0 Å². The highest BCUT2D eigenvalue weighted by molar-refractivity contribution is 7.10. The van der Waals surface area contributed by atoms with Crippen molar-refractivity contribution in [2.24, 2.45) is 0 Å². The summed E-state index contributed by atoms with van der Waals surface area (Å²) in [7, 11) is 0. The molecule has 0 amide bonds. The summed E-state index contributed by atoms with van der Waals surface area (Å²) < 4.78 is 5.91. The third-order valence-corrected chi connectivity index (χ3v) is 3.91. The molecule has 0 aromatic carbocycles. The van der Waals surface area contributed by atoms with E-state index in [-0.39, 0.29) is 18.3 Å². The van der Waals surface area contributed by atoms with E-state index < -0.39 is 0 Å². The van der Waals surface area contributed by atoms with Gasteiger partial charge in [-0.05, 0) is 26.8 Å². The minimum atomic E-state index is -0.0830. The quantitative estimate of drug-likeness (QED) is 0.842. The highest BCUT2D eigenvalue weighted by atomic mass is 32.1. The normalized spacial score (nSPS) is 22.8. The van der Waals surface area contributed by atoms with Crippen molar-refractivity contribution in [2.75, 3.05) is 19.7 Å². The third kappa shape index (κ3) is 4.32. The van der Waals surface area contributed by atoms with Crippen LogP contribution in [0.3, 0.4) is 0 Å². The van der Waals surface area contributed by atoms with Crippen LogP contribution in [-0.4, -0.2) is 41.4 Å². The van der Waals surface area contributed by atoms with E-state index >= 15 is 0 Å². The van der Waals surface area contributed by atoms with Crippen LogP contribution in [0, 0.1) is 11.8 Å². The molecule has 19 heavy (non-hydrogen) atoms. The first kappa shape index (κ1) is 14.5. The summed E-state index contributed by atoms with van der Waals surface area (Å²) in [6.07, 6.45) is 0.275. The van der Waals surface area contributed by atoms with Crippen LogP contribution in [-0.2, 0) is 11.3 Å². The lowest BCUT2D eigenvalue weighted by Gasteiger charge is -2.41. The molecule has 1 unspecified atom stereocenters. The van der Waals surface area contributed by atoms with E-state index in [9.17, 15) is 0 Å². The van der Waals surface area contributed by atoms with Crippen LogP contribution in [0.5, 0.6) is 0 Å². The standard InChI is InChI=1S/C15H21NO2S/c1-12-8-16(11-15(2,3)18-12)9-14-7-13(10-19-14)5-4-6-17/h7,10,12,17H,6,8-9,11H2,1-3H3. The molecule has 1 aromatic heterocycles. The first-order valence-electron chi connectivity index (χ1n) is 6.56.